The number of anilines is 1. The van der Waals surface area contributed by atoms with Crippen molar-refractivity contribution in [1.82, 2.24) is 4.90 Å². The molecule has 0 bridgehead atoms. The van der Waals surface area contributed by atoms with Gasteiger partial charge in [-0.25, -0.2) is 0 Å². The van der Waals surface area contributed by atoms with Gasteiger partial charge in [-0.05, 0) is 70.3 Å². The quantitative estimate of drug-likeness (QED) is 0.291. The number of imide groups is 1. The Balaban J connectivity index is 1.76. The number of thioether (sulfide) groups is 1. The van der Waals surface area contributed by atoms with E-state index in [0.29, 0.717) is 27.8 Å². The SMILES string of the molecule is C#CCOc1c(I)cc(/C=C2/SC(=O)N(CC(=O)Nc3ccccc3Cl)C2=O)cc1OC. The molecular weight excluding hydrogens is 567 g/mol. The molecule has 0 saturated carbocycles. The lowest BCUT2D eigenvalue weighted by Crippen LogP contribution is -2.36. The number of methoxy groups -OCH3 is 1. The Morgan fingerprint density at radius 2 is 2.09 bits per heavy atom. The summed E-state index contributed by atoms with van der Waals surface area (Å²) in [5.41, 5.74) is 1.03. The van der Waals surface area contributed by atoms with Crippen LogP contribution in [0.1, 0.15) is 5.56 Å². The van der Waals surface area contributed by atoms with Gasteiger partial charge in [-0.1, -0.05) is 29.7 Å². The van der Waals surface area contributed by atoms with E-state index in [-0.39, 0.29) is 11.5 Å². The van der Waals surface area contributed by atoms with Crippen molar-refractivity contribution >= 4 is 74.8 Å². The molecule has 7 nitrogen and oxygen atoms in total. The Morgan fingerprint density at radius 1 is 1.34 bits per heavy atom. The molecule has 0 radical (unpaired) electrons. The van der Waals surface area contributed by atoms with Crippen molar-refractivity contribution in [3.8, 4) is 23.8 Å². The molecule has 2 aromatic rings. The molecule has 0 aliphatic carbocycles. The second-order valence-electron chi connectivity index (χ2n) is 6.32. The molecule has 32 heavy (non-hydrogen) atoms. The third-order valence-electron chi connectivity index (χ3n) is 4.17. The largest absolute Gasteiger partial charge is 0.493 e. The Kier molecular flexibility index (Phi) is 8.06. The molecule has 1 saturated heterocycles. The average molecular weight is 583 g/mol. The van der Waals surface area contributed by atoms with Gasteiger partial charge in [-0.15, -0.1) is 6.42 Å². The first-order valence-electron chi connectivity index (χ1n) is 9.07. The van der Waals surface area contributed by atoms with Crippen molar-refractivity contribution in [2.75, 3.05) is 25.6 Å². The maximum Gasteiger partial charge on any atom is 0.294 e. The predicted molar refractivity (Wildman–Crippen MR) is 133 cm³/mol. The molecule has 0 aromatic heterocycles. The van der Waals surface area contributed by atoms with Gasteiger partial charge in [0.1, 0.15) is 13.2 Å². The van der Waals surface area contributed by atoms with E-state index >= 15 is 0 Å². The molecule has 164 valence electrons. The van der Waals surface area contributed by atoms with Gasteiger partial charge in [0.05, 0.1) is 26.3 Å². The fraction of sp³-hybridized carbons (Fsp3) is 0.136. The van der Waals surface area contributed by atoms with Crippen LogP contribution in [0.25, 0.3) is 6.08 Å². The maximum absolute atomic E-state index is 12.8. The highest BCUT2D eigenvalue weighted by atomic mass is 127. The van der Waals surface area contributed by atoms with Gasteiger partial charge in [-0.3, -0.25) is 19.3 Å². The summed E-state index contributed by atoms with van der Waals surface area (Å²) in [6.07, 6.45) is 6.81. The summed E-state index contributed by atoms with van der Waals surface area (Å²) in [4.78, 5) is 38.5. The van der Waals surface area contributed by atoms with Gasteiger partial charge in [0, 0.05) is 0 Å². The molecule has 1 aliphatic rings. The Morgan fingerprint density at radius 3 is 2.78 bits per heavy atom. The average Bonchev–Trinajstić information content (AvgIpc) is 3.01. The minimum Gasteiger partial charge on any atom is -0.493 e. The summed E-state index contributed by atoms with van der Waals surface area (Å²) in [5, 5.41) is 2.42. The van der Waals surface area contributed by atoms with Gasteiger partial charge in [0.15, 0.2) is 11.5 Å². The summed E-state index contributed by atoms with van der Waals surface area (Å²) >= 11 is 8.85. The first kappa shape index (κ1) is 24.0. The van der Waals surface area contributed by atoms with E-state index in [9.17, 15) is 14.4 Å². The lowest BCUT2D eigenvalue weighted by atomic mass is 10.2. The van der Waals surface area contributed by atoms with E-state index in [1.165, 1.54) is 7.11 Å². The number of carbonyl (C=O) groups excluding carboxylic acids is 3. The van der Waals surface area contributed by atoms with Gasteiger partial charge < -0.3 is 14.8 Å². The number of ether oxygens (including phenoxy) is 2. The smallest absolute Gasteiger partial charge is 0.294 e. The molecule has 10 heteroatoms. The second kappa shape index (κ2) is 10.8. The van der Waals surface area contributed by atoms with E-state index < -0.39 is 23.6 Å². The Labute approximate surface area is 207 Å². The first-order valence-corrected chi connectivity index (χ1v) is 11.3. The van der Waals surface area contributed by atoms with Crippen LogP contribution in [0.15, 0.2) is 41.3 Å². The van der Waals surface area contributed by atoms with E-state index in [1.54, 1.807) is 42.5 Å². The predicted octanol–water partition coefficient (Wildman–Crippen LogP) is 4.64. The number of carbonyl (C=O) groups is 3. The Bertz CT molecular complexity index is 1160. The summed E-state index contributed by atoms with van der Waals surface area (Å²) in [7, 11) is 1.49. The number of amides is 3. The van der Waals surface area contributed by atoms with Crippen LogP contribution in [-0.2, 0) is 9.59 Å². The van der Waals surface area contributed by atoms with E-state index in [2.05, 4.69) is 33.8 Å². The van der Waals surface area contributed by atoms with E-state index in [1.807, 2.05) is 0 Å². The highest BCUT2D eigenvalue weighted by molar-refractivity contribution is 14.1. The Hall–Kier alpha value is -2.68. The zero-order valence-corrected chi connectivity index (χ0v) is 20.4. The molecule has 3 amide bonds. The molecule has 0 unspecified atom stereocenters. The molecule has 1 fully saturated rings. The summed E-state index contributed by atoms with van der Waals surface area (Å²) in [6.45, 7) is -0.339. The zero-order chi connectivity index (χ0) is 23.3. The van der Waals surface area contributed by atoms with Gasteiger partial charge in [0.2, 0.25) is 5.91 Å². The third kappa shape index (κ3) is 5.56. The lowest BCUT2D eigenvalue weighted by molar-refractivity contribution is -0.127. The maximum atomic E-state index is 12.8. The van der Waals surface area contributed by atoms with Gasteiger partial charge >= 0.3 is 0 Å². The molecule has 3 rings (SSSR count). The van der Waals surface area contributed by atoms with Crippen molar-refractivity contribution in [2.24, 2.45) is 0 Å². The lowest BCUT2D eigenvalue weighted by Gasteiger charge is -2.13. The topological polar surface area (TPSA) is 84.9 Å². The number of nitrogens with zero attached hydrogens (tertiary/aromatic N) is 1. The summed E-state index contributed by atoms with van der Waals surface area (Å²) < 4.78 is 11.6. The van der Waals surface area contributed by atoms with Crippen LogP contribution in [0, 0.1) is 15.9 Å². The van der Waals surface area contributed by atoms with Crippen molar-refractivity contribution in [2.45, 2.75) is 0 Å². The summed E-state index contributed by atoms with van der Waals surface area (Å²) in [5.74, 6) is 2.23. The van der Waals surface area contributed by atoms with Crippen LogP contribution in [-0.4, -0.2) is 42.2 Å². The molecule has 1 heterocycles. The number of halogens is 2. The third-order valence-corrected chi connectivity index (χ3v) is 6.21. The number of benzene rings is 2. The highest BCUT2D eigenvalue weighted by Crippen LogP contribution is 2.37. The number of para-hydroxylation sites is 1. The minimum atomic E-state index is -0.559. The monoisotopic (exact) mass is 582 g/mol. The van der Waals surface area contributed by atoms with Gasteiger partial charge in [-0.2, -0.15) is 0 Å². The van der Waals surface area contributed by atoms with E-state index in [4.69, 9.17) is 27.5 Å². The number of terminal acetylenes is 1. The second-order valence-corrected chi connectivity index (χ2v) is 8.89. The zero-order valence-electron chi connectivity index (χ0n) is 16.7. The van der Waals surface area contributed by atoms with Crippen LogP contribution < -0.4 is 14.8 Å². The van der Waals surface area contributed by atoms with Crippen molar-refractivity contribution in [1.29, 1.82) is 0 Å². The molecule has 0 spiro atoms. The number of rotatable bonds is 7. The molecular formula is C22H16ClIN2O5S. The fourth-order valence-electron chi connectivity index (χ4n) is 2.76. The van der Waals surface area contributed by atoms with Crippen LogP contribution in [0.4, 0.5) is 10.5 Å². The number of hydrogen-bond donors (Lipinski definition) is 1. The normalized spacial score (nSPS) is 14.4. The van der Waals surface area contributed by atoms with Crippen LogP contribution in [0.3, 0.4) is 0 Å². The standard InChI is InChI=1S/C22H16ClIN2O5S/c1-3-8-31-20-15(24)9-13(10-17(20)30-2)11-18-21(28)26(22(29)32-18)12-19(27)25-16-7-5-4-6-14(16)23/h1,4-7,9-11H,8,12H2,2H3,(H,25,27)/b18-11+. The van der Waals surface area contributed by atoms with Crippen LogP contribution in [0.2, 0.25) is 5.02 Å². The van der Waals surface area contributed by atoms with Crippen LogP contribution in [0.5, 0.6) is 11.5 Å². The fourth-order valence-corrected chi connectivity index (χ4v) is 4.56. The number of nitrogens with one attached hydrogen (secondary N) is 1. The van der Waals surface area contributed by atoms with Crippen molar-refractivity contribution in [3.63, 3.8) is 0 Å². The number of hydrogen-bond acceptors (Lipinski definition) is 6. The van der Waals surface area contributed by atoms with Crippen molar-refractivity contribution in [3.05, 3.63) is 55.5 Å². The first-order chi connectivity index (χ1) is 15.3. The molecule has 1 N–H and O–H groups in total. The minimum absolute atomic E-state index is 0.0842. The van der Waals surface area contributed by atoms with E-state index in [0.717, 1.165) is 20.2 Å². The molecule has 1 aliphatic heterocycles. The summed E-state index contributed by atoms with van der Waals surface area (Å²) in [6, 6.07) is 10.1. The van der Waals surface area contributed by atoms with Crippen molar-refractivity contribution < 1.29 is 23.9 Å². The van der Waals surface area contributed by atoms with Crippen LogP contribution >= 0.6 is 46.0 Å². The van der Waals surface area contributed by atoms with Gasteiger partial charge in [0.25, 0.3) is 11.1 Å². The molecule has 0 atom stereocenters. The molecule has 2 aromatic carbocycles. The highest BCUT2D eigenvalue weighted by Gasteiger charge is 2.36.